The molecule has 7 atom stereocenters. The SMILES string of the molecule is COC(=O)[C@H](C)[C@H](O)[C@@H](C)[C@@H](OCc1ccccc1)[C@@H](C)[C@@H](OCc1ccccc1)[C@@H](C)COCc1ccccc1. The summed E-state index contributed by atoms with van der Waals surface area (Å²) in [6, 6.07) is 30.2. The van der Waals surface area contributed by atoms with Gasteiger partial charge in [-0.25, -0.2) is 0 Å². The molecule has 3 rings (SSSR count). The van der Waals surface area contributed by atoms with E-state index in [1.165, 1.54) is 7.11 Å². The Labute approximate surface area is 245 Å². The zero-order chi connectivity index (χ0) is 29.6. The first-order valence-electron chi connectivity index (χ1n) is 14.5. The molecule has 0 heterocycles. The molecule has 0 saturated heterocycles. The van der Waals surface area contributed by atoms with Crippen LogP contribution in [0.25, 0.3) is 0 Å². The molecule has 0 fully saturated rings. The summed E-state index contributed by atoms with van der Waals surface area (Å²) in [5.74, 6) is -1.61. The van der Waals surface area contributed by atoms with E-state index in [1.54, 1.807) is 6.92 Å². The van der Waals surface area contributed by atoms with Gasteiger partial charge in [-0.05, 0) is 23.6 Å². The van der Waals surface area contributed by atoms with Crippen LogP contribution in [0.3, 0.4) is 0 Å². The average Bonchev–Trinajstić information content (AvgIpc) is 3.01. The highest BCUT2D eigenvalue weighted by molar-refractivity contribution is 5.72. The molecule has 222 valence electrons. The maximum atomic E-state index is 12.3. The molecule has 0 aliphatic carbocycles. The first-order chi connectivity index (χ1) is 19.8. The van der Waals surface area contributed by atoms with Gasteiger partial charge in [0.25, 0.3) is 0 Å². The summed E-state index contributed by atoms with van der Waals surface area (Å²) in [7, 11) is 1.34. The van der Waals surface area contributed by atoms with Crippen LogP contribution in [0, 0.1) is 23.7 Å². The maximum Gasteiger partial charge on any atom is 0.311 e. The van der Waals surface area contributed by atoms with Crippen LogP contribution in [-0.4, -0.2) is 43.1 Å². The first kappa shape index (κ1) is 32.5. The Kier molecular flexibility index (Phi) is 13.5. The van der Waals surface area contributed by atoms with Gasteiger partial charge in [0, 0.05) is 17.8 Å². The molecule has 0 spiro atoms. The molecule has 3 aromatic carbocycles. The van der Waals surface area contributed by atoms with Crippen molar-refractivity contribution in [3.8, 4) is 0 Å². The third-order valence-corrected chi connectivity index (χ3v) is 7.80. The molecule has 41 heavy (non-hydrogen) atoms. The Morgan fingerprint density at radius 2 is 1.10 bits per heavy atom. The van der Waals surface area contributed by atoms with E-state index in [1.807, 2.05) is 85.8 Å². The second kappa shape index (κ2) is 17.0. The Hall–Kier alpha value is -3.03. The van der Waals surface area contributed by atoms with Crippen LogP contribution in [0.15, 0.2) is 91.0 Å². The van der Waals surface area contributed by atoms with Gasteiger partial charge in [0.1, 0.15) is 0 Å². The molecule has 6 nitrogen and oxygen atoms in total. The van der Waals surface area contributed by atoms with Crippen molar-refractivity contribution in [1.29, 1.82) is 0 Å². The van der Waals surface area contributed by atoms with Crippen molar-refractivity contribution in [3.05, 3.63) is 108 Å². The number of carbonyl (C=O) groups is 1. The van der Waals surface area contributed by atoms with Crippen LogP contribution in [0.5, 0.6) is 0 Å². The highest BCUT2D eigenvalue weighted by Crippen LogP contribution is 2.32. The Morgan fingerprint density at radius 1 is 0.659 bits per heavy atom. The first-order valence-corrected chi connectivity index (χ1v) is 14.5. The smallest absolute Gasteiger partial charge is 0.311 e. The van der Waals surface area contributed by atoms with Gasteiger partial charge in [-0.15, -0.1) is 0 Å². The number of aliphatic hydroxyl groups excluding tert-OH is 1. The number of methoxy groups -OCH3 is 1. The average molecular weight is 563 g/mol. The van der Waals surface area contributed by atoms with Crippen molar-refractivity contribution in [2.75, 3.05) is 13.7 Å². The zero-order valence-corrected chi connectivity index (χ0v) is 25.0. The summed E-state index contributed by atoms with van der Waals surface area (Å²) >= 11 is 0. The Bertz CT molecular complexity index is 1120. The van der Waals surface area contributed by atoms with E-state index >= 15 is 0 Å². The molecule has 0 aromatic heterocycles. The molecule has 3 aromatic rings. The second-order valence-electron chi connectivity index (χ2n) is 11.0. The van der Waals surface area contributed by atoms with Gasteiger partial charge in [0.15, 0.2) is 0 Å². The number of ether oxygens (including phenoxy) is 4. The number of aliphatic hydroxyl groups is 1. The van der Waals surface area contributed by atoms with Gasteiger partial charge in [-0.1, -0.05) is 112 Å². The van der Waals surface area contributed by atoms with Crippen LogP contribution >= 0.6 is 0 Å². The molecular formula is C35H46O6. The lowest BCUT2D eigenvalue weighted by Gasteiger charge is -2.39. The lowest BCUT2D eigenvalue weighted by molar-refractivity contribution is -0.157. The largest absolute Gasteiger partial charge is 0.469 e. The molecule has 0 radical (unpaired) electrons. The summed E-state index contributed by atoms with van der Waals surface area (Å²) in [5, 5.41) is 11.3. The van der Waals surface area contributed by atoms with Crippen LogP contribution in [0.1, 0.15) is 44.4 Å². The summed E-state index contributed by atoms with van der Waals surface area (Å²) in [6.07, 6.45) is -1.60. The highest BCUT2D eigenvalue weighted by Gasteiger charge is 2.40. The van der Waals surface area contributed by atoms with Crippen LogP contribution < -0.4 is 0 Å². The second-order valence-corrected chi connectivity index (χ2v) is 11.0. The van der Waals surface area contributed by atoms with Crippen LogP contribution in [0.2, 0.25) is 0 Å². The van der Waals surface area contributed by atoms with Gasteiger partial charge in [-0.3, -0.25) is 4.79 Å². The van der Waals surface area contributed by atoms with E-state index < -0.39 is 24.1 Å². The molecule has 0 bridgehead atoms. The van der Waals surface area contributed by atoms with Gasteiger partial charge in [0.2, 0.25) is 0 Å². The fourth-order valence-corrected chi connectivity index (χ4v) is 5.34. The van der Waals surface area contributed by atoms with Crippen molar-refractivity contribution in [1.82, 2.24) is 0 Å². The monoisotopic (exact) mass is 562 g/mol. The maximum absolute atomic E-state index is 12.3. The minimum Gasteiger partial charge on any atom is -0.469 e. The lowest BCUT2D eigenvalue weighted by Crippen LogP contribution is -2.47. The molecule has 0 saturated carbocycles. The van der Waals surface area contributed by atoms with E-state index in [9.17, 15) is 9.90 Å². The van der Waals surface area contributed by atoms with E-state index in [4.69, 9.17) is 18.9 Å². The van der Waals surface area contributed by atoms with Crippen molar-refractivity contribution in [2.45, 2.75) is 65.8 Å². The van der Waals surface area contributed by atoms with Gasteiger partial charge >= 0.3 is 5.97 Å². The molecular weight excluding hydrogens is 516 g/mol. The molecule has 0 aliphatic heterocycles. The Balaban J connectivity index is 1.82. The van der Waals surface area contributed by atoms with Crippen molar-refractivity contribution in [3.63, 3.8) is 0 Å². The van der Waals surface area contributed by atoms with Crippen LogP contribution in [0.4, 0.5) is 0 Å². The number of esters is 1. The Morgan fingerprint density at radius 3 is 1.56 bits per heavy atom. The highest BCUT2D eigenvalue weighted by atomic mass is 16.5. The van der Waals surface area contributed by atoms with E-state index in [0.29, 0.717) is 26.4 Å². The number of hydrogen-bond donors (Lipinski definition) is 1. The third kappa shape index (κ3) is 10.1. The van der Waals surface area contributed by atoms with Gasteiger partial charge < -0.3 is 24.1 Å². The fourth-order valence-electron chi connectivity index (χ4n) is 5.34. The number of benzene rings is 3. The van der Waals surface area contributed by atoms with Crippen molar-refractivity contribution < 1.29 is 28.8 Å². The summed E-state index contributed by atoms with van der Waals surface area (Å²) in [4.78, 5) is 12.3. The molecule has 1 N–H and O–H groups in total. The fraction of sp³-hybridized carbons (Fsp3) is 0.457. The van der Waals surface area contributed by atoms with E-state index in [2.05, 4.69) is 26.0 Å². The minimum absolute atomic E-state index is 0.0302. The number of rotatable bonds is 17. The summed E-state index contributed by atoms with van der Waals surface area (Å²) in [5.41, 5.74) is 3.23. The van der Waals surface area contributed by atoms with Gasteiger partial charge in [-0.2, -0.15) is 0 Å². The van der Waals surface area contributed by atoms with Crippen molar-refractivity contribution in [2.24, 2.45) is 23.7 Å². The third-order valence-electron chi connectivity index (χ3n) is 7.80. The van der Waals surface area contributed by atoms with E-state index in [-0.39, 0.29) is 23.9 Å². The zero-order valence-electron chi connectivity index (χ0n) is 25.0. The van der Waals surface area contributed by atoms with Gasteiger partial charge in [0.05, 0.1) is 57.8 Å². The molecule has 0 unspecified atom stereocenters. The lowest BCUT2D eigenvalue weighted by atomic mass is 9.79. The topological polar surface area (TPSA) is 74.2 Å². The number of carbonyl (C=O) groups excluding carboxylic acids is 1. The predicted octanol–water partition coefficient (Wildman–Crippen LogP) is 6.45. The quantitative estimate of drug-likeness (QED) is 0.191. The van der Waals surface area contributed by atoms with E-state index in [0.717, 1.165) is 16.7 Å². The molecule has 0 aliphatic rings. The van der Waals surface area contributed by atoms with Crippen LogP contribution in [-0.2, 0) is 43.6 Å². The predicted molar refractivity (Wildman–Crippen MR) is 161 cm³/mol. The summed E-state index contributed by atoms with van der Waals surface area (Å²) < 4.78 is 24.2. The van der Waals surface area contributed by atoms with Crippen molar-refractivity contribution >= 4 is 5.97 Å². The number of hydrogen-bond acceptors (Lipinski definition) is 6. The normalized spacial score (nSPS) is 16.6. The molecule has 0 amide bonds. The summed E-state index contributed by atoms with van der Waals surface area (Å²) in [6.45, 7) is 9.69. The molecule has 6 heteroatoms. The standard InChI is InChI=1S/C35H46O6/c1-25(21-39-22-29-15-9-6-10-16-29)33(40-23-30-17-11-7-12-18-30)28(4)34(41-24-31-19-13-8-14-20-31)26(2)32(36)27(3)35(37)38-5/h6-20,25-28,32-34,36H,21-24H2,1-5H3/t25-,26+,27+,28-,32+,33-,34+/m0/s1. The minimum atomic E-state index is -0.954.